The highest BCUT2D eigenvalue weighted by atomic mass is 16.3. The Kier molecular flexibility index (Phi) is 3.28. The minimum Gasteiger partial charge on any atom is -0.456 e. The van der Waals surface area contributed by atoms with Crippen LogP contribution in [0.5, 0.6) is 0 Å². The van der Waals surface area contributed by atoms with Crippen molar-refractivity contribution in [2.75, 3.05) is 7.05 Å². The first-order valence-electron chi connectivity index (χ1n) is 6.59. The zero-order valence-corrected chi connectivity index (χ0v) is 11.7. The van der Waals surface area contributed by atoms with Gasteiger partial charge in [0.1, 0.15) is 11.2 Å². The Morgan fingerprint density at radius 3 is 2.86 bits per heavy atom. The van der Waals surface area contributed by atoms with Crippen molar-refractivity contribution in [2.45, 2.75) is 0 Å². The number of hydrogen-bond donors (Lipinski definition) is 2. The SMILES string of the molecule is C=C(C=N)/C=C(\NC)c1cc2oc3ccccc3c2cn1. The standard InChI is InChI=1S/C17H15N3O/c1-11(9-18)7-14(19-2)15-8-17-13(10-20-15)12-5-3-4-6-16(12)21-17/h3-10,18-19H,1H2,2H3/b14-7-,18-9?. The van der Waals surface area contributed by atoms with Crippen LogP contribution in [-0.2, 0) is 0 Å². The monoisotopic (exact) mass is 277 g/mol. The number of fused-ring (bicyclic) bond motifs is 3. The highest BCUT2D eigenvalue weighted by molar-refractivity contribution is 6.04. The van der Waals surface area contributed by atoms with Crippen molar-refractivity contribution in [3.05, 3.63) is 60.5 Å². The van der Waals surface area contributed by atoms with Crippen LogP contribution in [0.15, 0.2) is 59.2 Å². The van der Waals surface area contributed by atoms with Crippen LogP contribution in [0.4, 0.5) is 0 Å². The molecular formula is C17H15N3O. The molecule has 0 amide bonds. The molecular weight excluding hydrogens is 262 g/mol. The number of nitrogens with one attached hydrogen (secondary N) is 2. The fraction of sp³-hybridized carbons (Fsp3) is 0.0588. The molecule has 4 nitrogen and oxygen atoms in total. The molecule has 4 heteroatoms. The van der Waals surface area contributed by atoms with Gasteiger partial charge in [-0.3, -0.25) is 4.98 Å². The third-order valence-electron chi connectivity index (χ3n) is 3.32. The van der Waals surface area contributed by atoms with Crippen molar-refractivity contribution >= 4 is 33.9 Å². The van der Waals surface area contributed by atoms with Crippen LogP contribution in [0.1, 0.15) is 5.69 Å². The first kappa shape index (κ1) is 13.1. The van der Waals surface area contributed by atoms with E-state index in [0.717, 1.165) is 33.3 Å². The topological polar surface area (TPSA) is 61.9 Å². The number of allylic oxidation sites excluding steroid dienone is 2. The molecule has 0 radical (unpaired) electrons. The van der Waals surface area contributed by atoms with E-state index in [9.17, 15) is 0 Å². The quantitative estimate of drug-likeness (QED) is 0.564. The molecule has 104 valence electrons. The van der Waals surface area contributed by atoms with Crippen LogP contribution in [0.2, 0.25) is 0 Å². The maximum absolute atomic E-state index is 7.21. The largest absolute Gasteiger partial charge is 0.456 e. The van der Waals surface area contributed by atoms with E-state index in [2.05, 4.69) is 16.9 Å². The molecule has 0 fully saturated rings. The molecule has 0 saturated carbocycles. The molecule has 2 N–H and O–H groups in total. The van der Waals surface area contributed by atoms with Gasteiger partial charge in [0, 0.05) is 36.3 Å². The normalized spacial score (nSPS) is 11.8. The number of aromatic nitrogens is 1. The summed E-state index contributed by atoms with van der Waals surface area (Å²) in [6.07, 6.45) is 4.80. The van der Waals surface area contributed by atoms with E-state index in [4.69, 9.17) is 9.83 Å². The lowest BCUT2D eigenvalue weighted by Gasteiger charge is -2.06. The average molecular weight is 277 g/mol. The smallest absolute Gasteiger partial charge is 0.139 e. The fourth-order valence-electron chi connectivity index (χ4n) is 2.27. The molecule has 2 heterocycles. The van der Waals surface area contributed by atoms with Gasteiger partial charge in [-0.05, 0) is 17.7 Å². The van der Waals surface area contributed by atoms with E-state index >= 15 is 0 Å². The highest BCUT2D eigenvalue weighted by Gasteiger charge is 2.09. The molecule has 3 aromatic rings. The Morgan fingerprint density at radius 2 is 2.10 bits per heavy atom. The Hall–Kier alpha value is -2.88. The Balaban J connectivity index is 2.16. The summed E-state index contributed by atoms with van der Waals surface area (Å²) >= 11 is 0. The van der Waals surface area contributed by atoms with E-state index in [1.165, 1.54) is 6.21 Å². The molecule has 0 atom stereocenters. The lowest BCUT2D eigenvalue weighted by atomic mass is 10.1. The van der Waals surface area contributed by atoms with Gasteiger partial charge in [0.2, 0.25) is 0 Å². The van der Waals surface area contributed by atoms with Crippen LogP contribution in [0.25, 0.3) is 27.6 Å². The highest BCUT2D eigenvalue weighted by Crippen LogP contribution is 2.29. The summed E-state index contributed by atoms with van der Waals surface area (Å²) < 4.78 is 5.86. The molecule has 3 rings (SSSR count). The van der Waals surface area contributed by atoms with Crippen LogP contribution in [0.3, 0.4) is 0 Å². The fourth-order valence-corrected chi connectivity index (χ4v) is 2.27. The molecule has 0 unspecified atom stereocenters. The van der Waals surface area contributed by atoms with Crippen LogP contribution in [0, 0.1) is 5.41 Å². The van der Waals surface area contributed by atoms with Gasteiger partial charge >= 0.3 is 0 Å². The van der Waals surface area contributed by atoms with Crippen molar-refractivity contribution in [3.63, 3.8) is 0 Å². The van der Waals surface area contributed by atoms with Gasteiger partial charge in [0.25, 0.3) is 0 Å². The summed E-state index contributed by atoms with van der Waals surface area (Å²) in [5.74, 6) is 0. The van der Waals surface area contributed by atoms with Crippen molar-refractivity contribution in [3.8, 4) is 0 Å². The van der Waals surface area contributed by atoms with E-state index in [1.54, 1.807) is 6.08 Å². The number of pyridine rings is 1. The Morgan fingerprint density at radius 1 is 1.29 bits per heavy atom. The second-order valence-corrected chi connectivity index (χ2v) is 4.69. The molecule has 21 heavy (non-hydrogen) atoms. The first-order chi connectivity index (χ1) is 10.2. The molecule has 2 aromatic heterocycles. The lowest BCUT2D eigenvalue weighted by Crippen LogP contribution is -2.06. The second-order valence-electron chi connectivity index (χ2n) is 4.69. The molecule has 0 saturated heterocycles. The predicted molar refractivity (Wildman–Crippen MR) is 86.5 cm³/mol. The van der Waals surface area contributed by atoms with Crippen molar-refractivity contribution in [2.24, 2.45) is 0 Å². The van der Waals surface area contributed by atoms with Gasteiger partial charge in [-0.15, -0.1) is 0 Å². The summed E-state index contributed by atoms with van der Waals surface area (Å²) in [4.78, 5) is 4.48. The number of furan rings is 1. The molecule has 0 aliphatic rings. The van der Waals surface area contributed by atoms with Gasteiger partial charge < -0.3 is 15.1 Å². The predicted octanol–water partition coefficient (Wildman–Crippen LogP) is 3.75. The second kappa shape index (κ2) is 5.25. The third kappa shape index (κ3) is 2.31. The van der Waals surface area contributed by atoms with Crippen LogP contribution >= 0.6 is 0 Å². The molecule has 0 spiro atoms. The summed E-state index contributed by atoms with van der Waals surface area (Å²) in [5.41, 5.74) is 3.80. The van der Waals surface area contributed by atoms with Gasteiger partial charge in [-0.25, -0.2) is 0 Å². The van der Waals surface area contributed by atoms with Gasteiger partial charge in [-0.2, -0.15) is 0 Å². The molecule has 0 aliphatic heterocycles. The molecule has 1 aromatic carbocycles. The van der Waals surface area contributed by atoms with E-state index in [-0.39, 0.29) is 0 Å². The van der Waals surface area contributed by atoms with E-state index < -0.39 is 0 Å². The zero-order chi connectivity index (χ0) is 14.8. The van der Waals surface area contributed by atoms with Crippen molar-refractivity contribution in [1.82, 2.24) is 10.3 Å². The minimum atomic E-state index is 0.603. The summed E-state index contributed by atoms with van der Waals surface area (Å²) in [5, 5.41) is 12.3. The lowest BCUT2D eigenvalue weighted by molar-refractivity contribution is 0.668. The Labute approximate surface area is 122 Å². The number of para-hydroxylation sites is 1. The number of hydrogen-bond acceptors (Lipinski definition) is 4. The van der Waals surface area contributed by atoms with Crippen molar-refractivity contribution in [1.29, 1.82) is 5.41 Å². The summed E-state index contributed by atoms with van der Waals surface area (Å²) in [6, 6.07) is 9.80. The summed E-state index contributed by atoms with van der Waals surface area (Å²) in [7, 11) is 1.81. The molecule has 0 aliphatic carbocycles. The van der Waals surface area contributed by atoms with E-state index in [1.807, 2.05) is 43.6 Å². The Bertz CT molecular complexity index is 874. The maximum Gasteiger partial charge on any atom is 0.139 e. The third-order valence-corrected chi connectivity index (χ3v) is 3.32. The first-order valence-corrected chi connectivity index (χ1v) is 6.59. The van der Waals surface area contributed by atoms with Crippen molar-refractivity contribution < 1.29 is 4.42 Å². The van der Waals surface area contributed by atoms with Crippen LogP contribution in [-0.4, -0.2) is 18.2 Å². The zero-order valence-electron chi connectivity index (χ0n) is 11.7. The number of nitrogens with zero attached hydrogens (tertiary/aromatic N) is 1. The summed E-state index contributed by atoms with van der Waals surface area (Å²) in [6.45, 7) is 3.77. The average Bonchev–Trinajstić information content (AvgIpc) is 2.89. The van der Waals surface area contributed by atoms with Crippen LogP contribution < -0.4 is 5.32 Å². The maximum atomic E-state index is 7.21. The van der Waals surface area contributed by atoms with Gasteiger partial charge in [0.05, 0.1) is 11.4 Å². The minimum absolute atomic E-state index is 0.603. The van der Waals surface area contributed by atoms with Gasteiger partial charge in [-0.1, -0.05) is 24.8 Å². The van der Waals surface area contributed by atoms with Gasteiger partial charge in [0.15, 0.2) is 0 Å². The molecule has 0 bridgehead atoms. The number of rotatable bonds is 4. The number of benzene rings is 1. The van der Waals surface area contributed by atoms with E-state index in [0.29, 0.717) is 5.57 Å².